The molecule has 1 N–H and O–H groups in total. The van der Waals surface area contributed by atoms with Crippen LogP contribution in [0.15, 0.2) is 24.3 Å². The van der Waals surface area contributed by atoms with Crippen LogP contribution >= 0.6 is 0 Å². The number of hydrogen-bond acceptors (Lipinski definition) is 4. The normalized spacial score (nSPS) is 10.4. The quantitative estimate of drug-likeness (QED) is 0.814. The van der Waals surface area contributed by atoms with E-state index < -0.39 is 5.97 Å². The number of carbonyl (C=O) groups excluding carboxylic acids is 2. The van der Waals surface area contributed by atoms with Crippen LogP contribution in [0.1, 0.15) is 46.0 Å². The Balaban J connectivity index is 2.45. The van der Waals surface area contributed by atoms with E-state index in [-0.39, 0.29) is 12.5 Å². The van der Waals surface area contributed by atoms with Crippen molar-refractivity contribution in [3.8, 4) is 5.75 Å². The highest BCUT2D eigenvalue weighted by atomic mass is 16.5. The number of ether oxygens (including phenoxy) is 2. The zero-order valence-corrected chi connectivity index (χ0v) is 15.3. The van der Waals surface area contributed by atoms with E-state index in [9.17, 15) is 9.59 Å². The summed E-state index contributed by atoms with van der Waals surface area (Å²) < 4.78 is 12.2. The molecule has 1 amide bonds. The highest BCUT2D eigenvalue weighted by Crippen LogP contribution is 2.27. The van der Waals surface area contributed by atoms with E-state index in [0.717, 1.165) is 5.69 Å². The van der Waals surface area contributed by atoms with Crippen molar-refractivity contribution in [2.75, 3.05) is 19.0 Å². The second-order valence-electron chi connectivity index (χ2n) is 5.55. The van der Waals surface area contributed by atoms with Crippen molar-refractivity contribution in [3.05, 3.63) is 46.8 Å². The fourth-order valence-corrected chi connectivity index (χ4v) is 3.02. The van der Waals surface area contributed by atoms with Crippen LogP contribution in [0.4, 0.5) is 5.69 Å². The topological polar surface area (TPSA) is 69.6 Å². The van der Waals surface area contributed by atoms with Crippen LogP contribution in [0.2, 0.25) is 0 Å². The number of hydrogen-bond donors (Lipinski definition) is 1. The number of anilines is 1. The number of nitrogens with one attached hydrogen (secondary N) is 1. The van der Waals surface area contributed by atoms with Gasteiger partial charge >= 0.3 is 5.97 Å². The zero-order valence-electron chi connectivity index (χ0n) is 15.3. The number of methoxy groups -OCH3 is 1. The van der Waals surface area contributed by atoms with E-state index in [1.807, 2.05) is 30.5 Å². The minimum Gasteiger partial charge on any atom is -0.495 e. The molecule has 0 aliphatic rings. The van der Waals surface area contributed by atoms with E-state index >= 15 is 0 Å². The molecule has 1 aromatic heterocycles. The summed E-state index contributed by atoms with van der Waals surface area (Å²) in [6, 6.07) is 7.19. The highest BCUT2D eigenvalue weighted by Gasteiger charge is 2.26. The molecular formula is C19H24N2O4. The van der Waals surface area contributed by atoms with Gasteiger partial charge in [0.25, 0.3) is 5.91 Å². The summed E-state index contributed by atoms with van der Waals surface area (Å²) in [6.45, 7) is 8.14. The van der Waals surface area contributed by atoms with Gasteiger partial charge in [-0.25, -0.2) is 4.79 Å². The number of nitrogens with zero attached hydrogens (tertiary/aromatic N) is 1. The predicted octanol–water partition coefficient (Wildman–Crippen LogP) is 3.56. The summed E-state index contributed by atoms with van der Waals surface area (Å²) in [5.74, 6) is -0.120. The molecule has 0 spiro atoms. The molecule has 134 valence electrons. The van der Waals surface area contributed by atoms with E-state index in [4.69, 9.17) is 9.47 Å². The molecule has 0 bridgehead atoms. The van der Waals surface area contributed by atoms with Crippen molar-refractivity contribution in [1.82, 2.24) is 4.57 Å². The second-order valence-corrected chi connectivity index (χ2v) is 5.55. The van der Waals surface area contributed by atoms with Crippen LogP contribution in [0.25, 0.3) is 0 Å². The van der Waals surface area contributed by atoms with Gasteiger partial charge in [-0.3, -0.25) is 4.79 Å². The lowest BCUT2D eigenvalue weighted by Gasteiger charge is -2.10. The molecule has 0 saturated heterocycles. The molecule has 0 aliphatic heterocycles. The molecule has 2 aromatic rings. The molecule has 0 radical (unpaired) electrons. The maximum Gasteiger partial charge on any atom is 0.355 e. The van der Waals surface area contributed by atoms with Crippen molar-refractivity contribution in [3.63, 3.8) is 0 Å². The van der Waals surface area contributed by atoms with Crippen molar-refractivity contribution in [2.45, 2.75) is 34.2 Å². The van der Waals surface area contributed by atoms with Gasteiger partial charge in [0, 0.05) is 12.2 Å². The summed E-state index contributed by atoms with van der Waals surface area (Å²) in [7, 11) is 1.55. The Hall–Kier alpha value is -2.76. The lowest BCUT2D eigenvalue weighted by molar-refractivity contribution is 0.0512. The van der Waals surface area contributed by atoms with Crippen molar-refractivity contribution < 1.29 is 19.1 Å². The third-order valence-corrected chi connectivity index (χ3v) is 4.13. The number of para-hydroxylation sites is 2. The summed E-state index contributed by atoms with van der Waals surface area (Å²) in [6.07, 6.45) is 0. The third kappa shape index (κ3) is 3.52. The van der Waals surface area contributed by atoms with E-state index in [1.54, 1.807) is 33.1 Å². The first-order valence-electron chi connectivity index (χ1n) is 8.27. The van der Waals surface area contributed by atoms with Gasteiger partial charge in [-0.15, -0.1) is 0 Å². The highest BCUT2D eigenvalue weighted by molar-refractivity contribution is 6.09. The summed E-state index contributed by atoms with van der Waals surface area (Å²) in [4.78, 5) is 25.2. The van der Waals surface area contributed by atoms with Crippen LogP contribution in [-0.2, 0) is 11.3 Å². The van der Waals surface area contributed by atoms with Gasteiger partial charge in [-0.2, -0.15) is 0 Å². The van der Waals surface area contributed by atoms with Crippen LogP contribution in [0.3, 0.4) is 0 Å². The van der Waals surface area contributed by atoms with Crippen molar-refractivity contribution >= 4 is 17.6 Å². The Bertz CT molecular complexity index is 793. The first-order valence-corrected chi connectivity index (χ1v) is 8.27. The fraction of sp³-hybridized carbons (Fsp3) is 0.368. The van der Waals surface area contributed by atoms with Gasteiger partial charge in [0.1, 0.15) is 11.4 Å². The molecule has 2 rings (SSSR count). The van der Waals surface area contributed by atoms with Crippen LogP contribution in [0, 0.1) is 13.8 Å². The standard InChI is InChI=1S/C19H24N2O4/c1-6-21-13(4)16(12(3)17(21)19(23)25-7-2)18(22)20-14-10-8-9-11-15(14)24-5/h8-11H,6-7H2,1-5H3,(H,20,22). The van der Waals surface area contributed by atoms with Crippen LogP contribution in [0.5, 0.6) is 5.75 Å². The summed E-state index contributed by atoms with van der Waals surface area (Å²) in [5.41, 5.74) is 2.83. The van der Waals surface area contributed by atoms with Crippen molar-refractivity contribution in [1.29, 1.82) is 0 Å². The lowest BCUT2D eigenvalue weighted by Crippen LogP contribution is -2.14. The molecule has 0 saturated carbocycles. The number of aromatic nitrogens is 1. The first-order chi connectivity index (χ1) is 12.0. The maximum atomic E-state index is 12.9. The Morgan fingerprint density at radius 2 is 1.84 bits per heavy atom. The summed E-state index contributed by atoms with van der Waals surface area (Å²) in [5, 5.41) is 2.87. The third-order valence-electron chi connectivity index (χ3n) is 4.13. The van der Waals surface area contributed by atoms with Gasteiger partial charge in [0.05, 0.1) is 25.0 Å². The lowest BCUT2D eigenvalue weighted by atomic mass is 10.1. The average molecular weight is 344 g/mol. The van der Waals surface area contributed by atoms with Crippen LogP contribution in [-0.4, -0.2) is 30.2 Å². The molecule has 6 nitrogen and oxygen atoms in total. The van der Waals surface area contributed by atoms with E-state index in [2.05, 4.69) is 5.32 Å². The van der Waals surface area contributed by atoms with Gasteiger partial charge in [0.2, 0.25) is 0 Å². The number of benzene rings is 1. The smallest absolute Gasteiger partial charge is 0.355 e. The van der Waals surface area contributed by atoms with E-state index in [0.29, 0.717) is 34.8 Å². The Morgan fingerprint density at radius 3 is 2.44 bits per heavy atom. The number of rotatable bonds is 6. The Labute approximate surface area is 147 Å². The van der Waals surface area contributed by atoms with Gasteiger partial charge in [-0.1, -0.05) is 12.1 Å². The van der Waals surface area contributed by atoms with Crippen molar-refractivity contribution in [2.24, 2.45) is 0 Å². The van der Waals surface area contributed by atoms with Gasteiger partial charge in [0.15, 0.2) is 0 Å². The van der Waals surface area contributed by atoms with E-state index in [1.165, 1.54) is 0 Å². The van der Waals surface area contributed by atoms with Crippen LogP contribution < -0.4 is 10.1 Å². The Morgan fingerprint density at radius 1 is 1.16 bits per heavy atom. The molecule has 0 aliphatic carbocycles. The predicted molar refractivity (Wildman–Crippen MR) is 96.5 cm³/mol. The molecule has 1 heterocycles. The molecule has 0 atom stereocenters. The molecule has 0 fully saturated rings. The average Bonchev–Trinajstić information content (AvgIpc) is 2.85. The summed E-state index contributed by atoms with van der Waals surface area (Å²) >= 11 is 0. The maximum absolute atomic E-state index is 12.9. The van der Waals surface area contributed by atoms with Gasteiger partial charge in [-0.05, 0) is 45.4 Å². The SMILES string of the molecule is CCOC(=O)c1c(C)c(C(=O)Nc2ccccc2OC)c(C)n1CC. The minimum atomic E-state index is -0.415. The number of amides is 1. The largest absolute Gasteiger partial charge is 0.495 e. The molecule has 25 heavy (non-hydrogen) atoms. The number of carbonyl (C=O) groups is 2. The molecule has 0 unspecified atom stereocenters. The fourth-order valence-electron chi connectivity index (χ4n) is 3.02. The molecule has 6 heteroatoms. The second kappa shape index (κ2) is 7.88. The Kier molecular flexibility index (Phi) is 5.85. The monoisotopic (exact) mass is 344 g/mol. The zero-order chi connectivity index (χ0) is 18.6. The van der Waals surface area contributed by atoms with Gasteiger partial charge < -0.3 is 19.4 Å². The first kappa shape index (κ1) is 18.6. The molecular weight excluding hydrogens is 320 g/mol. The number of esters is 1. The molecule has 1 aromatic carbocycles. The minimum absolute atomic E-state index is 0.280.